The molecule has 0 aromatic heterocycles. The lowest BCUT2D eigenvalue weighted by molar-refractivity contribution is -0.274. The first-order valence-electron chi connectivity index (χ1n) is 9.39. The van der Waals surface area contributed by atoms with Gasteiger partial charge in [0.2, 0.25) is 15.9 Å². The number of hydrogen-bond acceptors (Lipinski definition) is 5. The van der Waals surface area contributed by atoms with Crippen LogP contribution in [-0.2, 0) is 14.8 Å². The van der Waals surface area contributed by atoms with Crippen molar-refractivity contribution in [1.82, 2.24) is 4.31 Å². The Kier molecular flexibility index (Phi) is 6.75. The number of alkyl halides is 3. The number of benzene rings is 2. The van der Waals surface area contributed by atoms with Crippen molar-refractivity contribution >= 4 is 21.6 Å². The molecule has 2 aromatic rings. The highest BCUT2D eigenvalue weighted by Gasteiger charge is 2.33. The number of methoxy groups -OCH3 is 1. The topological polar surface area (TPSA) is 84.9 Å². The third kappa shape index (κ3) is 5.88. The minimum absolute atomic E-state index is 0.137. The van der Waals surface area contributed by atoms with E-state index in [4.69, 9.17) is 4.74 Å². The van der Waals surface area contributed by atoms with E-state index in [1.165, 1.54) is 35.7 Å². The summed E-state index contributed by atoms with van der Waals surface area (Å²) in [4.78, 5) is 12.6. The first-order chi connectivity index (χ1) is 14.6. The third-order valence-electron chi connectivity index (χ3n) is 4.86. The highest BCUT2D eigenvalue weighted by atomic mass is 32.2. The van der Waals surface area contributed by atoms with Gasteiger partial charge in [-0.2, -0.15) is 4.31 Å². The molecule has 3 rings (SSSR count). The zero-order chi connectivity index (χ0) is 22.6. The fourth-order valence-electron chi connectivity index (χ4n) is 3.27. The monoisotopic (exact) mass is 458 g/mol. The number of sulfonamides is 1. The van der Waals surface area contributed by atoms with Gasteiger partial charge in [0, 0.05) is 30.8 Å². The fraction of sp³-hybridized carbons (Fsp3) is 0.350. The van der Waals surface area contributed by atoms with Gasteiger partial charge < -0.3 is 14.8 Å². The first-order valence-corrected chi connectivity index (χ1v) is 10.8. The van der Waals surface area contributed by atoms with E-state index in [0.29, 0.717) is 18.6 Å². The summed E-state index contributed by atoms with van der Waals surface area (Å²) in [7, 11) is -2.21. The Hall–Kier alpha value is -2.79. The van der Waals surface area contributed by atoms with Crippen LogP contribution in [0.4, 0.5) is 18.9 Å². The molecule has 1 heterocycles. The highest BCUT2D eigenvalue weighted by molar-refractivity contribution is 7.89. The van der Waals surface area contributed by atoms with E-state index in [2.05, 4.69) is 10.1 Å². The number of ether oxygens (including phenoxy) is 2. The molecule has 1 fully saturated rings. The minimum Gasteiger partial charge on any atom is -0.497 e. The Morgan fingerprint density at radius 3 is 2.29 bits per heavy atom. The number of halogens is 3. The summed E-state index contributed by atoms with van der Waals surface area (Å²) >= 11 is 0. The van der Waals surface area contributed by atoms with Crippen LogP contribution in [0.2, 0.25) is 0 Å². The number of nitrogens with one attached hydrogen (secondary N) is 1. The maximum Gasteiger partial charge on any atom is 0.573 e. The van der Waals surface area contributed by atoms with Gasteiger partial charge in [0.05, 0.1) is 12.0 Å². The zero-order valence-electron chi connectivity index (χ0n) is 16.6. The molecule has 31 heavy (non-hydrogen) atoms. The van der Waals surface area contributed by atoms with Gasteiger partial charge in [-0.05, 0) is 49.2 Å². The van der Waals surface area contributed by atoms with Gasteiger partial charge in [-0.3, -0.25) is 4.79 Å². The molecule has 1 aliphatic rings. The van der Waals surface area contributed by atoms with E-state index in [1.807, 2.05) is 0 Å². The summed E-state index contributed by atoms with van der Waals surface area (Å²) in [6.07, 6.45) is -4.25. The van der Waals surface area contributed by atoms with Crippen molar-refractivity contribution in [2.24, 2.45) is 5.92 Å². The molecule has 0 atom stereocenters. The summed E-state index contributed by atoms with van der Waals surface area (Å²) < 4.78 is 72.8. The quantitative estimate of drug-likeness (QED) is 0.715. The van der Waals surface area contributed by atoms with E-state index in [9.17, 15) is 26.4 Å². The van der Waals surface area contributed by atoms with E-state index < -0.39 is 28.1 Å². The minimum atomic E-state index is -4.83. The van der Waals surface area contributed by atoms with Crippen LogP contribution in [0.1, 0.15) is 12.8 Å². The maximum absolute atomic E-state index is 12.8. The Bertz CT molecular complexity index is 1020. The molecule has 0 radical (unpaired) electrons. The molecular formula is C20H21F3N2O5S. The van der Waals surface area contributed by atoms with E-state index in [-0.39, 0.29) is 29.6 Å². The molecule has 2 aromatic carbocycles. The van der Waals surface area contributed by atoms with Gasteiger partial charge in [0.15, 0.2) is 0 Å². The van der Waals surface area contributed by atoms with Gasteiger partial charge in [-0.1, -0.05) is 6.07 Å². The number of carbonyl (C=O) groups is 1. The molecule has 0 aliphatic carbocycles. The molecule has 0 saturated carbocycles. The number of carbonyl (C=O) groups excluding carboxylic acids is 1. The predicted octanol–water partition coefficient (Wildman–Crippen LogP) is 3.63. The number of amides is 1. The normalized spacial score (nSPS) is 16.0. The Morgan fingerprint density at radius 2 is 1.71 bits per heavy atom. The van der Waals surface area contributed by atoms with Gasteiger partial charge in [0.1, 0.15) is 11.5 Å². The van der Waals surface area contributed by atoms with E-state index in [1.54, 1.807) is 12.1 Å². The lowest BCUT2D eigenvalue weighted by Crippen LogP contribution is -2.41. The summed E-state index contributed by atoms with van der Waals surface area (Å²) in [6, 6.07) is 11.0. The second-order valence-electron chi connectivity index (χ2n) is 6.92. The van der Waals surface area contributed by atoms with Gasteiger partial charge in [-0.25, -0.2) is 8.42 Å². The second kappa shape index (κ2) is 9.15. The molecule has 0 spiro atoms. The lowest BCUT2D eigenvalue weighted by Gasteiger charge is -2.30. The van der Waals surface area contributed by atoms with Gasteiger partial charge in [0.25, 0.3) is 0 Å². The number of hydrogen-bond donors (Lipinski definition) is 1. The van der Waals surface area contributed by atoms with Crippen molar-refractivity contribution in [1.29, 1.82) is 0 Å². The summed E-state index contributed by atoms with van der Waals surface area (Å²) in [5, 5.41) is 2.57. The van der Waals surface area contributed by atoms with E-state index in [0.717, 1.165) is 12.1 Å². The highest BCUT2D eigenvalue weighted by Crippen LogP contribution is 2.28. The summed E-state index contributed by atoms with van der Waals surface area (Å²) in [5.74, 6) is -0.745. The Balaban J connectivity index is 1.59. The van der Waals surface area contributed by atoms with Crippen LogP contribution in [0.3, 0.4) is 0 Å². The molecule has 1 N–H and O–H groups in total. The average Bonchev–Trinajstić information content (AvgIpc) is 2.73. The van der Waals surface area contributed by atoms with Crippen LogP contribution in [0.5, 0.6) is 11.5 Å². The number of piperidine rings is 1. The van der Waals surface area contributed by atoms with Crippen molar-refractivity contribution in [2.75, 3.05) is 25.5 Å². The zero-order valence-corrected chi connectivity index (χ0v) is 17.4. The van der Waals surface area contributed by atoms with Crippen LogP contribution in [0.15, 0.2) is 53.4 Å². The van der Waals surface area contributed by atoms with Gasteiger partial charge >= 0.3 is 6.36 Å². The number of rotatable bonds is 6. The maximum atomic E-state index is 12.8. The SMILES string of the molecule is COc1ccc(S(=O)(=O)N2CCC(C(=O)Nc3cccc(OC(F)(F)F)c3)CC2)cc1. The summed E-state index contributed by atoms with van der Waals surface area (Å²) in [5.41, 5.74) is 0.167. The molecule has 0 unspecified atom stereocenters. The standard InChI is InChI=1S/C20H21F3N2O5S/c1-29-16-5-7-18(8-6-16)31(27,28)25-11-9-14(10-12-25)19(26)24-15-3-2-4-17(13-15)30-20(21,22)23/h2-8,13-14H,9-12H2,1H3,(H,24,26). The van der Waals surface area contributed by atoms with Crippen molar-refractivity contribution in [3.63, 3.8) is 0 Å². The van der Waals surface area contributed by atoms with Crippen LogP contribution in [0.25, 0.3) is 0 Å². The molecule has 7 nitrogen and oxygen atoms in total. The summed E-state index contributed by atoms with van der Waals surface area (Å²) in [6.45, 7) is 0.313. The fourth-order valence-corrected chi connectivity index (χ4v) is 4.74. The molecule has 1 aliphatic heterocycles. The van der Waals surface area contributed by atoms with Crippen molar-refractivity contribution in [2.45, 2.75) is 24.1 Å². The van der Waals surface area contributed by atoms with Crippen LogP contribution < -0.4 is 14.8 Å². The van der Waals surface area contributed by atoms with Crippen LogP contribution >= 0.6 is 0 Å². The largest absolute Gasteiger partial charge is 0.573 e. The average molecular weight is 458 g/mol. The Labute approximate surface area is 177 Å². The van der Waals surface area contributed by atoms with E-state index >= 15 is 0 Å². The lowest BCUT2D eigenvalue weighted by atomic mass is 9.97. The predicted molar refractivity (Wildman–Crippen MR) is 106 cm³/mol. The van der Waals surface area contributed by atoms with Crippen molar-refractivity contribution < 1.29 is 35.9 Å². The Morgan fingerprint density at radius 1 is 1.06 bits per heavy atom. The van der Waals surface area contributed by atoms with Crippen molar-refractivity contribution in [3.05, 3.63) is 48.5 Å². The van der Waals surface area contributed by atoms with Crippen molar-refractivity contribution in [3.8, 4) is 11.5 Å². The number of nitrogens with zero attached hydrogens (tertiary/aromatic N) is 1. The molecule has 11 heteroatoms. The smallest absolute Gasteiger partial charge is 0.497 e. The molecule has 1 amide bonds. The first kappa shape index (κ1) is 22.9. The third-order valence-corrected chi connectivity index (χ3v) is 6.77. The van der Waals surface area contributed by atoms with Crippen LogP contribution in [0, 0.1) is 5.92 Å². The van der Waals surface area contributed by atoms with Gasteiger partial charge in [-0.15, -0.1) is 13.2 Å². The molecule has 1 saturated heterocycles. The molecular weight excluding hydrogens is 437 g/mol. The number of anilines is 1. The second-order valence-corrected chi connectivity index (χ2v) is 8.86. The molecule has 168 valence electrons. The molecule has 0 bridgehead atoms. The van der Waals surface area contributed by atoms with Crippen LogP contribution in [-0.4, -0.2) is 45.2 Å².